The molecule has 0 saturated carbocycles. The van der Waals surface area contributed by atoms with Crippen molar-refractivity contribution in [1.29, 1.82) is 0 Å². The summed E-state index contributed by atoms with van der Waals surface area (Å²) < 4.78 is 27.8. The summed E-state index contributed by atoms with van der Waals surface area (Å²) in [6.07, 6.45) is 0.271. The molecule has 244 valence electrons. The minimum Gasteiger partial charge on any atom is -0.493 e. The maximum atomic E-state index is 12.5. The predicted molar refractivity (Wildman–Crippen MR) is 173 cm³/mol. The van der Waals surface area contributed by atoms with Gasteiger partial charge in [0.25, 0.3) is 0 Å². The molecule has 12 nitrogen and oxygen atoms in total. The molecule has 0 unspecified atom stereocenters. The molecule has 2 atom stereocenters. The second kappa shape index (κ2) is 16.1. The lowest BCUT2D eigenvalue weighted by Gasteiger charge is -2.28. The quantitative estimate of drug-likeness (QED) is 0.0794. The highest BCUT2D eigenvalue weighted by molar-refractivity contribution is 6.32. The molecule has 1 aliphatic heterocycles. The van der Waals surface area contributed by atoms with E-state index in [-0.39, 0.29) is 18.8 Å². The van der Waals surface area contributed by atoms with Crippen LogP contribution in [0.25, 0.3) is 0 Å². The number of amides is 2. The van der Waals surface area contributed by atoms with Crippen LogP contribution in [-0.2, 0) is 16.1 Å². The number of rotatable bonds is 14. The number of esters is 1. The Morgan fingerprint density at radius 3 is 2.50 bits per heavy atom. The van der Waals surface area contributed by atoms with Gasteiger partial charge in [0, 0.05) is 10.7 Å². The standard InChI is InChI=1S/C32H34Cl2N4O8/c1-5-44-25-14-21(29-28(31(40)43-4)18(2)36-32(41)37-29)8-11-24(25)45-17-27(39)38-35-15-20-12-23(34)30(26(13-20)42-3)46-16-19-6-9-22(33)10-7-19/h6-15,27,29,38-39H,5,16-17H2,1-4H3,(H2,36,37,41)/b35-15-/t27-,29+/m1/s1. The minimum atomic E-state index is -1.19. The van der Waals surface area contributed by atoms with E-state index >= 15 is 0 Å². The molecule has 3 aromatic rings. The normalized spacial score (nSPS) is 15.1. The minimum absolute atomic E-state index is 0.186. The Morgan fingerprint density at radius 2 is 1.80 bits per heavy atom. The highest BCUT2D eigenvalue weighted by Crippen LogP contribution is 2.37. The molecule has 0 aliphatic carbocycles. The van der Waals surface area contributed by atoms with Crippen molar-refractivity contribution in [3.63, 3.8) is 0 Å². The predicted octanol–water partition coefficient (Wildman–Crippen LogP) is 5.10. The van der Waals surface area contributed by atoms with Gasteiger partial charge in [-0.15, -0.1) is 0 Å². The lowest BCUT2D eigenvalue weighted by atomic mass is 9.95. The highest BCUT2D eigenvalue weighted by Gasteiger charge is 2.32. The number of ether oxygens (including phenoxy) is 5. The molecule has 0 radical (unpaired) electrons. The number of nitrogens with one attached hydrogen (secondary N) is 3. The molecule has 14 heteroatoms. The van der Waals surface area contributed by atoms with Gasteiger partial charge in [0.1, 0.15) is 13.2 Å². The fraction of sp³-hybridized carbons (Fsp3) is 0.281. The zero-order chi connectivity index (χ0) is 33.2. The van der Waals surface area contributed by atoms with E-state index in [0.717, 1.165) is 5.56 Å². The molecule has 4 N–H and O–H groups in total. The topological polar surface area (TPSA) is 149 Å². The molecule has 4 rings (SSSR count). The van der Waals surface area contributed by atoms with Gasteiger partial charge >= 0.3 is 12.0 Å². The molecule has 1 heterocycles. The Bertz CT molecular complexity index is 1610. The van der Waals surface area contributed by atoms with Crippen molar-refractivity contribution in [2.24, 2.45) is 5.10 Å². The van der Waals surface area contributed by atoms with E-state index in [9.17, 15) is 14.7 Å². The van der Waals surface area contributed by atoms with Crippen LogP contribution >= 0.6 is 23.2 Å². The van der Waals surface area contributed by atoms with Crippen LogP contribution in [0.5, 0.6) is 23.0 Å². The molecule has 0 aromatic heterocycles. The van der Waals surface area contributed by atoms with Crippen molar-refractivity contribution in [1.82, 2.24) is 16.1 Å². The number of benzene rings is 3. The van der Waals surface area contributed by atoms with Gasteiger partial charge in [-0.1, -0.05) is 41.4 Å². The first kappa shape index (κ1) is 34.2. The highest BCUT2D eigenvalue weighted by atomic mass is 35.5. The number of nitrogens with zero attached hydrogens (tertiary/aromatic N) is 1. The van der Waals surface area contributed by atoms with Crippen LogP contribution in [0, 0.1) is 0 Å². The van der Waals surface area contributed by atoms with Gasteiger partial charge in [0.2, 0.25) is 0 Å². The van der Waals surface area contributed by atoms with E-state index in [4.69, 9.17) is 46.9 Å². The number of aliphatic hydroxyl groups is 1. The van der Waals surface area contributed by atoms with Crippen LogP contribution in [0.2, 0.25) is 10.0 Å². The van der Waals surface area contributed by atoms with E-state index in [2.05, 4.69) is 21.2 Å². The first-order chi connectivity index (χ1) is 22.1. The molecule has 46 heavy (non-hydrogen) atoms. The van der Waals surface area contributed by atoms with E-state index in [1.165, 1.54) is 20.4 Å². The summed E-state index contributed by atoms with van der Waals surface area (Å²) in [5, 5.41) is 20.8. The largest absolute Gasteiger partial charge is 0.493 e. The number of urea groups is 1. The van der Waals surface area contributed by atoms with Crippen LogP contribution in [0.4, 0.5) is 4.79 Å². The van der Waals surface area contributed by atoms with Gasteiger partial charge in [-0.2, -0.15) is 5.10 Å². The monoisotopic (exact) mass is 672 g/mol. The fourth-order valence-corrected chi connectivity index (χ4v) is 4.91. The number of carbonyl (C=O) groups is 2. The number of methoxy groups -OCH3 is 2. The van der Waals surface area contributed by atoms with Crippen molar-refractivity contribution in [2.45, 2.75) is 32.7 Å². The molecule has 0 spiro atoms. The van der Waals surface area contributed by atoms with Crippen molar-refractivity contribution in [3.05, 3.63) is 92.6 Å². The van der Waals surface area contributed by atoms with Crippen LogP contribution < -0.4 is 35.0 Å². The third-order valence-electron chi connectivity index (χ3n) is 6.66. The Hall–Kier alpha value is -4.65. The van der Waals surface area contributed by atoms with E-state index in [1.807, 2.05) is 12.1 Å². The third kappa shape index (κ3) is 8.75. The maximum absolute atomic E-state index is 12.5. The lowest BCUT2D eigenvalue weighted by Crippen LogP contribution is -2.45. The molecule has 0 saturated heterocycles. The molecule has 2 amide bonds. The Kier molecular flexibility index (Phi) is 12.0. The van der Waals surface area contributed by atoms with Crippen molar-refractivity contribution >= 4 is 41.4 Å². The van der Waals surface area contributed by atoms with Crippen LogP contribution in [0.1, 0.15) is 36.6 Å². The fourth-order valence-electron chi connectivity index (χ4n) is 4.51. The first-order valence-corrected chi connectivity index (χ1v) is 14.9. The Labute approximate surface area is 276 Å². The second-order valence-corrected chi connectivity index (χ2v) is 10.7. The number of hydrazone groups is 1. The van der Waals surface area contributed by atoms with Crippen LogP contribution in [0.3, 0.4) is 0 Å². The number of carbonyl (C=O) groups excluding carboxylic acids is 2. The zero-order valence-corrected chi connectivity index (χ0v) is 27.1. The van der Waals surface area contributed by atoms with Crippen LogP contribution in [0.15, 0.2) is 71.0 Å². The van der Waals surface area contributed by atoms with Gasteiger partial charge in [0.05, 0.1) is 43.7 Å². The summed E-state index contributed by atoms with van der Waals surface area (Å²) in [7, 11) is 2.77. The average Bonchev–Trinajstić information content (AvgIpc) is 3.03. The molecule has 0 fully saturated rings. The maximum Gasteiger partial charge on any atom is 0.337 e. The summed E-state index contributed by atoms with van der Waals surface area (Å²) in [5.74, 6) is 0.894. The molecular formula is C32H34Cl2N4O8. The van der Waals surface area contributed by atoms with Crippen molar-refractivity contribution < 1.29 is 38.4 Å². The van der Waals surface area contributed by atoms with Crippen molar-refractivity contribution in [3.8, 4) is 23.0 Å². The summed E-state index contributed by atoms with van der Waals surface area (Å²) in [6, 6.07) is 14.3. The molecule has 0 bridgehead atoms. The summed E-state index contributed by atoms with van der Waals surface area (Å²) in [4.78, 5) is 24.6. The number of hydrogen-bond donors (Lipinski definition) is 4. The second-order valence-electron chi connectivity index (χ2n) is 9.86. The lowest BCUT2D eigenvalue weighted by molar-refractivity contribution is -0.136. The SMILES string of the molecule is CCOc1cc([C@@H]2NC(=O)NC(C)=C2C(=O)OC)ccc1OC[C@@H](O)N/N=C\c1cc(Cl)c(OCc2ccc(Cl)cc2)c(OC)c1. The van der Waals surface area contributed by atoms with Crippen LogP contribution in [-0.4, -0.2) is 57.0 Å². The summed E-state index contributed by atoms with van der Waals surface area (Å²) in [6.45, 7) is 3.82. The average molecular weight is 674 g/mol. The number of aliphatic hydroxyl groups excluding tert-OH is 1. The molecule has 1 aliphatic rings. The third-order valence-corrected chi connectivity index (χ3v) is 7.19. The van der Waals surface area contributed by atoms with Crippen molar-refractivity contribution in [2.75, 3.05) is 27.4 Å². The van der Waals surface area contributed by atoms with Gasteiger partial charge in [-0.25, -0.2) is 9.59 Å². The molecule has 3 aromatic carbocycles. The van der Waals surface area contributed by atoms with E-state index in [1.54, 1.807) is 56.3 Å². The van der Waals surface area contributed by atoms with Gasteiger partial charge in [0.15, 0.2) is 29.2 Å². The van der Waals surface area contributed by atoms with E-state index < -0.39 is 24.3 Å². The molecular weight excluding hydrogens is 639 g/mol. The number of hydrogen-bond acceptors (Lipinski definition) is 10. The van der Waals surface area contributed by atoms with Gasteiger partial charge in [-0.05, 0) is 66.9 Å². The number of halogens is 2. The summed E-state index contributed by atoms with van der Waals surface area (Å²) >= 11 is 12.4. The first-order valence-electron chi connectivity index (χ1n) is 14.1. The zero-order valence-electron chi connectivity index (χ0n) is 25.6. The number of allylic oxidation sites excluding steroid dienone is 1. The van der Waals surface area contributed by atoms with Gasteiger partial charge in [-0.3, -0.25) is 5.43 Å². The Morgan fingerprint density at radius 1 is 1.04 bits per heavy atom. The summed E-state index contributed by atoms with van der Waals surface area (Å²) in [5.41, 5.74) is 5.31. The Balaban J connectivity index is 1.38. The van der Waals surface area contributed by atoms with Gasteiger partial charge < -0.3 is 39.4 Å². The van der Waals surface area contributed by atoms with E-state index in [0.29, 0.717) is 56.5 Å². The smallest absolute Gasteiger partial charge is 0.337 e.